The number of ketones is 1. The number of hydrogen-bond acceptors (Lipinski definition) is 2. The van der Waals surface area contributed by atoms with Gasteiger partial charge in [0.05, 0.1) is 12.7 Å². The lowest BCUT2D eigenvalue weighted by Crippen LogP contribution is -2.21. The van der Waals surface area contributed by atoms with Crippen LogP contribution in [0.4, 0.5) is 0 Å². The molecule has 3 heteroatoms. The third-order valence-electron chi connectivity index (χ3n) is 4.82. The van der Waals surface area contributed by atoms with Crippen molar-refractivity contribution in [3.05, 3.63) is 27.7 Å². The van der Waals surface area contributed by atoms with Gasteiger partial charge in [-0.3, -0.25) is 4.79 Å². The molecule has 2 fully saturated rings. The number of ether oxygens (including phenoxy) is 1. The largest absolute Gasteiger partial charge is 0.496 e. The number of fused-ring (bicyclic) bond motifs is 2. The monoisotopic (exact) mass is 322 g/mol. The average Bonchev–Trinajstić information content (AvgIpc) is 3.03. The second kappa shape index (κ2) is 4.93. The van der Waals surface area contributed by atoms with Crippen molar-refractivity contribution in [2.75, 3.05) is 7.11 Å². The van der Waals surface area contributed by atoms with Crippen LogP contribution in [0.15, 0.2) is 16.6 Å². The van der Waals surface area contributed by atoms with Crippen LogP contribution in [0.3, 0.4) is 0 Å². The number of benzene rings is 1. The molecular formula is C16H19BrO2. The second-order valence-electron chi connectivity index (χ2n) is 5.95. The zero-order valence-corrected chi connectivity index (χ0v) is 13.0. The molecule has 0 radical (unpaired) electrons. The molecule has 3 unspecified atom stereocenters. The van der Waals surface area contributed by atoms with Crippen molar-refractivity contribution in [2.45, 2.75) is 32.6 Å². The summed E-state index contributed by atoms with van der Waals surface area (Å²) in [4.78, 5) is 12.8. The summed E-state index contributed by atoms with van der Waals surface area (Å²) in [6, 6.07) is 3.88. The molecule has 0 aromatic heterocycles. The summed E-state index contributed by atoms with van der Waals surface area (Å²) >= 11 is 3.52. The van der Waals surface area contributed by atoms with Crippen molar-refractivity contribution in [1.82, 2.24) is 0 Å². The molecule has 102 valence electrons. The van der Waals surface area contributed by atoms with Crippen molar-refractivity contribution < 1.29 is 9.53 Å². The Morgan fingerprint density at radius 3 is 2.68 bits per heavy atom. The Morgan fingerprint density at radius 1 is 1.32 bits per heavy atom. The van der Waals surface area contributed by atoms with Gasteiger partial charge in [0.25, 0.3) is 0 Å². The van der Waals surface area contributed by atoms with Gasteiger partial charge in [-0.15, -0.1) is 0 Å². The molecule has 1 aromatic rings. The third-order valence-corrected chi connectivity index (χ3v) is 5.68. The lowest BCUT2D eigenvalue weighted by Gasteiger charge is -2.21. The lowest BCUT2D eigenvalue weighted by atomic mass is 9.83. The first-order chi connectivity index (χ1) is 9.10. The predicted molar refractivity (Wildman–Crippen MR) is 78.7 cm³/mol. The molecule has 0 aliphatic heterocycles. The highest BCUT2D eigenvalue weighted by Crippen LogP contribution is 2.50. The Morgan fingerprint density at radius 2 is 2.11 bits per heavy atom. The highest BCUT2D eigenvalue weighted by molar-refractivity contribution is 9.10. The molecule has 2 aliphatic rings. The summed E-state index contributed by atoms with van der Waals surface area (Å²) in [6.45, 7) is 2.01. The third kappa shape index (κ3) is 2.22. The molecule has 0 saturated heterocycles. The van der Waals surface area contributed by atoms with E-state index in [1.807, 2.05) is 19.1 Å². The van der Waals surface area contributed by atoms with Gasteiger partial charge in [0.15, 0.2) is 5.78 Å². The zero-order valence-electron chi connectivity index (χ0n) is 11.4. The number of hydrogen-bond donors (Lipinski definition) is 0. The number of Topliss-reactive ketones (excluding diaryl/α,β-unsaturated/α-hetero) is 1. The minimum Gasteiger partial charge on any atom is -0.496 e. The average molecular weight is 323 g/mol. The summed E-state index contributed by atoms with van der Waals surface area (Å²) < 4.78 is 6.39. The van der Waals surface area contributed by atoms with E-state index in [1.54, 1.807) is 7.11 Å². The zero-order chi connectivity index (χ0) is 13.6. The fourth-order valence-corrected chi connectivity index (χ4v) is 4.13. The van der Waals surface area contributed by atoms with E-state index in [0.29, 0.717) is 11.7 Å². The van der Waals surface area contributed by atoms with E-state index in [4.69, 9.17) is 4.74 Å². The van der Waals surface area contributed by atoms with Crippen molar-refractivity contribution in [2.24, 2.45) is 17.8 Å². The molecule has 2 saturated carbocycles. The highest BCUT2D eigenvalue weighted by Gasteiger charge is 2.43. The summed E-state index contributed by atoms with van der Waals surface area (Å²) in [6.07, 6.45) is 4.89. The van der Waals surface area contributed by atoms with Gasteiger partial charge in [-0.05, 0) is 55.7 Å². The molecule has 3 rings (SSSR count). The maximum Gasteiger partial charge on any atom is 0.169 e. The first kappa shape index (κ1) is 13.2. The number of halogens is 1. The van der Waals surface area contributed by atoms with E-state index in [2.05, 4.69) is 15.9 Å². The van der Waals surface area contributed by atoms with Gasteiger partial charge < -0.3 is 4.74 Å². The first-order valence-corrected chi connectivity index (χ1v) is 7.77. The molecule has 1 aromatic carbocycles. The fraction of sp³-hybridized carbons (Fsp3) is 0.562. The van der Waals surface area contributed by atoms with Gasteiger partial charge in [0.2, 0.25) is 0 Å². The van der Waals surface area contributed by atoms with E-state index < -0.39 is 0 Å². The number of rotatable bonds is 3. The van der Waals surface area contributed by atoms with Gasteiger partial charge in [-0.2, -0.15) is 0 Å². The van der Waals surface area contributed by atoms with Crippen molar-refractivity contribution in [1.29, 1.82) is 0 Å². The Labute approximate surface area is 122 Å². The van der Waals surface area contributed by atoms with Crippen LogP contribution in [0.1, 0.15) is 41.6 Å². The molecule has 0 N–H and O–H groups in total. The number of carbonyl (C=O) groups is 1. The summed E-state index contributed by atoms with van der Waals surface area (Å²) in [5, 5.41) is 0. The van der Waals surface area contributed by atoms with E-state index in [1.165, 1.54) is 19.3 Å². The molecule has 2 aliphatic carbocycles. The van der Waals surface area contributed by atoms with Gasteiger partial charge >= 0.3 is 0 Å². The van der Waals surface area contributed by atoms with Crippen molar-refractivity contribution in [3.63, 3.8) is 0 Å². The van der Waals surface area contributed by atoms with Crippen LogP contribution >= 0.6 is 15.9 Å². The highest BCUT2D eigenvalue weighted by atomic mass is 79.9. The van der Waals surface area contributed by atoms with Crippen LogP contribution in [0.25, 0.3) is 0 Å². The fourth-order valence-electron chi connectivity index (χ4n) is 3.78. The molecule has 0 amide bonds. The molecule has 19 heavy (non-hydrogen) atoms. The summed E-state index contributed by atoms with van der Waals surface area (Å²) in [7, 11) is 1.64. The Balaban J connectivity index is 1.93. The van der Waals surface area contributed by atoms with E-state index >= 15 is 0 Å². The molecule has 0 spiro atoms. The first-order valence-electron chi connectivity index (χ1n) is 6.98. The number of aryl methyl sites for hydroxylation is 1. The Hall–Kier alpha value is -0.830. The van der Waals surface area contributed by atoms with Crippen molar-refractivity contribution >= 4 is 21.7 Å². The van der Waals surface area contributed by atoms with Crippen LogP contribution in [0.5, 0.6) is 5.75 Å². The molecule has 0 heterocycles. The summed E-state index contributed by atoms with van der Waals surface area (Å²) in [5.74, 6) is 2.63. The molecule has 3 atom stereocenters. The SMILES string of the molecule is COc1cc(C)c(Br)cc1C(=O)C1CC2CCC1C2. The van der Waals surface area contributed by atoms with Crippen LogP contribution in [0, 0.1) is 24.7 Å². The van der Waals surface area contributed by atoms with E-state index in [9.17, 15) is 4.79 Å². The van der Waals surface area contributed by atoms with Gasteiger partial charge in [-0.1, -0.05) is 22.4 Å². The van der Waals surface area contributed by atoms with Crippen LogP contribution in [-0.2, 0) is 0 Å². The number of carbonyl (C=O) groups excluding carboxylic acids is 1. The molecule has 2 nitrogen and oxygen atoms in total. The van der Waals surface area contributed by atoms with Crippen LogP contribution in [-0.4, -0.2) is 12.9 Å². The Kier molecular flexibility index (Phi) is 3.42. The maximum absolute atomic E-state index is 12.8. The Bertz CT molecular complexity index is 524. The van der Waals surface area contributed by atoms with E-state index in [-0.39, 0.29) is 11.7 Å². The summed E-state index contributed by atoms with van der Waals surface area (Å²) in [5.41, 5.74) is 1.85. The van der Waals surface area contributed by atoms with Crippen LogP contribution < -0.4 is 4.74 Å². The lowest BCUT2D eigenvalue weighted by molar-refractivity contribution is 0.0871. The second-order valence-corrected chi connectivity index (χ2v) is 6.80. The van der Waals surface area contributed by atoms with Gasteiger partial charge in [-0.25, -0.2) is 0 Å². The van der Waals surface area contributed by atoms with Crippen LogP contribution in [0.2, 0.25) is 0 Å². The smallest absolute Gasteiger partial charge is 0.169 e. The standard InChI is InChI=1S/C16H19BrO2/c1-9-5-15(19-2)13(8-14(9)17)16(18)12-7-10-3-4-11(12)6-10/h5,8,10-12H,3-4,6-7H2,1-2H3. The van der Waals surface area contributed by atoms with Crippen molar-refractivity contribution in [3.8, 4) is 5.75 Å². The van der Waals surface area contributed by atoms with Gasteiger partial charge in [0, 0.05) is 10.4 Å². The minimum absolute atomic E-state index is 0.224. The number of methoxy groups -OCH3 is 1. The quantitative estimate of drug-likeness (QED) is 0.772. The topological polar surface area (TPSA) is 26.3 Å². The maximum atomic E-state index is 12.8. The predicted octanol–water partition coefficient (Wildman–Crippen LogP) is 4.39. The van der Waals surface area contributed by atoms with Gasteiger partial charge in [0.1, 0.15) is 5.75 Å². The minimum atomic E-state index is 0.224. The normalized spacial score (nSPS) is 28.7. The van der Waals surface area contributed by atoms with E-state index in [0.717, 1.165) is 27.9 Å². The molecule has 2 bridgehead atoms. The molecular weight excluding hydrogens is 304 g/mol.